The van der Waals surface area contributed by atoms with E-state index in [1.54, 1.807) is 0 Å². The predicted octanol–water partition coefficient (Wildman–Crippen LogP) is 4.06. The van der Waals surface area contributed by atoms with Crippen molar-refractivity contribution in [3.63, 3.8) is 0 Å². The van der Waals surface area contributed by atoms with Crippen LogP contribution in [-0.4, -0.2) is 0 Å². The van der Waals surface area contributed by atoms with E-state index in [4.69, 9.17) is 0 Å². The first-order chi connectivity index (χ1) is 10.3. The molecule has 3 rings (SSSR count). The fraction of sp³-hybridized carbons (Fsp3) is 0.100. The molecule has 0 aliphatic carbocycles. The molecule has 0 spiro atoms. The Hall–Kier alpha value is -1.91. The zero-order valence-electron chi connectivity index (χ0n) is 12.5. The summed E-state index contributed by atoms with van der Waals surface area (Å²) in [6.07, 6.45) is 0. The van der Waals surface area contributed by atoms with Crippen LogP contribution in [0.5, 0.6) is 0 Å². The first kappa shape index (κ1) is 14.0. The lowest BCUT2D eigenvalue weighted by Crippen LogP contribution is -2.23. The van der Waals surface area contributed by atoms with Crippen molar-refractivity contribution in [1.82, 2.24) is 0 Å². The van der Waals surface area contributed by atoms with Gasteiger partial charge in [0.15, 0.2) is 0 Å². The second kappa shape index (κ2) is 6.24. The summed E-state index contributed by atoms with van der Waals surface area (Å²) in [5.74, 6) is 0. The van der Waals surface area contributed by atoms with Gasteiger partial charge < -0.3 is 0 Å². The highest BCUT2D eigenvalue weighted by molar-refractivity contribution is 7.80. The molecule has 0 saturated carbocycles. The summed E-state index contributed by atoms with van der Waals surface area (Å²) in [5.41, 5.74) is 2.74. The van der Waals surface area contributed by atoms with Crippen LogP contribution in [0.2, 0.25) is 0 Å². The van der Waals surface area contributed by atoms with Gasteiger partial charge in [-0.05, 0) is 48.8 Å². The average Bonchev–Trinajstić information content (AvgIpc) is 2.52. The first-order valence-electron chi connectivity index (χ1n) is 7.24. The van der Waals surface area contributed by atoms with E-state index in [0.29, 0.717) is 0 Å². The standard InChI is InChI=1S/C20H19P/c1-16-10-6-8-14-19(16)21(18-12-4-3-5-13-18)20-15-9-7-11-17(20)2/h3-15H,1-2H3. The van der Waals surface area contributed by atoms with Crippen LogP contribution >= 0.6 is 7.92 Å². The highest BCUT2D eigenvalue weighted by Crippen LogP contribution is 2.34. The van der Waals surface area contributed by atoms with Gasteiger partial charge in [-0.2, -0.15) is 0 Å². The van der Waals surface area contributed by atoms with Gasteiger partial charge in [0.1, 0.15) is 0 Å². The summed E-state index contributed by atoms with van der Waals surface area (Å²) < 4.78 is 0. The van der Waals surface area contributed by atoms with Gasteiger partial charge in [-0.25, -0.2) is 0 Å². The third-order valence-electron chi connectivity index (χ3n) is 3.73. The summed E-state index contributed by atoms with van der Waals surface area (Å²) in [7, 11) is -0.488. The van der Waals surface area contributed by atoms with Crippen molar-refractivity contribution < 1.29 is 0 Å². The summed E-state index contributed by atoms with van der Waals surface area (Å²) in [5, 5.41) is 4.32. The molecule has 0 aliphatic heterocycles. The molecule has 0 aromatic heterocycles. The Kier molecular flexibility index (Phi) is 4.18. The Labute approximate surface area is 128 Å². The molecule has 104 valence electrons. The van der Waals surface area contributed by atoms with E-state index < -0.39 is 7.92 Å². The van der Waals surface area contributed by atoms with Gasteiger partial charge in [0.2, 0.25) is 0 Å². The lowest BCUT2D eigenvalue weighted by Gasteiger charge is -2.22. The normalized spacial score (nSPS) is 10.8. The Bertz CT molecular complexity index is 686. The lowest BCUT2D eigenvalue weighted by molar-refractivity contribution is 1.50. The van der Waals surface area contributed by atoms with Crippen molar-refractivity contribution >= 4 is 23.8 Å². The zero-order valence-corrected chi connectivity index (χ0v) is 13.3. The fourth-order valence-corrected chi connectivity index (χ4v) is 5.22. The van der Waals surface area contributed by atoms with Crippen LogP contribution < -0.4 is 15.9 Å². The van der Waals surface area contributed by atoms with E-state index in [-0.39, 0.29) is 0 Å². The van der Waals surface area contributed by atoms with E-state index in [9.17, 15) is 0 Å². The minimum absolute atomic E-state index is 0.488. The fourth-order valence-electron chi connectivity index (χ4n) is 2.61. The second-order valence-corrected chi connectivity index (χ2v) is 7.39. The maximum atomic E-state index is 2.28. The average molecular weight is 290 g/mol. The monoisotopic (exact) mass is 290 g/mol. The molecule has 0 radical (unpaired) electrons. The van der Waals surface area contributed by atoms with E-state index >= 15 is 0 Å². The SMILES string of the molecule is Cc1ccccc1P(c1ccccc1)c1ccccc1C. The third kappa shape index (κ3) is 2.91. The molecule has 0 heterocycles. The topological polar surface area (TPSA) is 0 Å². The van der Waals surface area contributed by atoms with E-state index in [1.165, 1.54) is 27.0 Å². The smallest absolute Gasteiger partial charge is 0.0122 e. The molecule has 0 aliphatic rings. The molecule has 0 unspecified atom stereocenters. The lowest BCUT2D eigenvalue weighted by atomic mass is 10.2. The number of benzene rings is 3. The molecule has 0 bridgehead atoms. The third-order valence-corrected chi connectivity index (χ3v) is 6.51. The molecule has 0 fully saturated rings. The molecular weight excluding hydrogens is 271 g/mol. The van der Waals surface area contributed by atoms with Gasteiger partial charge in [-0.3, -0.25) is 0 Å². The van der Waals surface area contributed by atoms with E-state index in [0.717, 1.165) is 0 Å². The highest BCUT2D eigenvalue weighted by atomic mass is 31.1. The number of rotatable bonds is 3. The minimum Gasteiger partial charge on any atom is -0.0622 e. The largest absolute Gasteiger partial charge is 0.0622 e. The summed E-state index contributed by atoms with van der Waals surface area (Å²) in [4.78, 5) is 0. The second-order valence-electron chi connectivity index (χ2n) is 5.24. The van der Waals surface area contributed by atoms with Crippen LogP contribution in [0.15, 0.2) is 78.9 Å². The molecule has 3 aromatic carbocycles. The van der Waals surface area contributed by atoms with Gasteiger partial charge in [0.05, 0.1) is 0 Å². The summed E-state index contributed by atoms with van der Waals surface area (Å²) in [6.45, 7) is 4.43. The van der Waals surface area contributed by atoms with Gasteiger partial charge in [0, 0.05) is 0 Å². The van der Waals surface area contributed by atoms with Crippen molar-refractivity contribution in [2.75, 3.05) is 0 Å². The Morgan fingerprint density at radius 2 is 0.952 bits per heavy atom. The van der Waals surface area contributed by atoms with Gasteiger partial charge >= 0.3 is 0 Å². The van der Waals surface area contributed by atoms with E-state index in [2.05, 4.69) is 92.7 Å². The predicted molar refractivity (Wildman–Crippen MR) is 94.6 cm³/mol. The Balaban J connectivity index is 2.22. The Morgan fingerprint density at radius 1 is 0.524 bits per heavy atom. The molecule has 1 heteroatoms. The number of hydrogen-bond donors (Lipinski definition) is 0. The van der Waals surface area contributed by atoms with Crippen LogP contribution in [0.25, 0.3) is 0 Å². The van der Waals surface area contributed by atoms with Crippen LogP contribution in [0.1, 0.15) is 11.1 Å². The maximum Gasteiger partial charge on any atom is -0.0122 e. The summed E-state index contributed by atoms with van der Waals surface area (Å²) in [6, 6.07) is 28.4. The summed E-state index contributed by atoms with van der Waals surface area (Å²) >= 11 is 0. The number of aryl methyl sites for hydroxylation is 2. The molecule has 0 saturated heterocycles. The van der Waals surface area contributed by atoms with Crippen molar-refractivity contribution in [1.29, 1.82) is 0 Å². The van der Waals surface area contributed by atoms with E-state index in [1.807, 2.05) is 0 Å². The molecule has 3 aromatic rings. The molecule has 0 atom stereocenters. The van der Waals surface area contributed by atoms with Gasteiger partial charge in [-0.15, -0.1) is 0 Å². The molecular formula is C20H19P. The molecule has 21 heavy (non-hydrogen) atoms. The molecule has 0 amide bonds. The zero-order chi connectivity index (χ0) is 14.7. The molecule has 0 N–H and O–H groups in total. The molecule has 0 nitrogen and oxygen atoms in total. The van der Waals surface area contributed by atoms with Crippen LogP contribution in [0, 0.1) is 13.8 Å². The van der Waals surface area contributed by atoms with Crippen LogP contribution in [0.3, 0.4) is 0 Å². The van der Waals surface area contributed by atoms with Crippen molar-refractivity contribution in [2.24, 2.45) is 0 Å². The van der Waals surface area contributed by atoms with Gasteiger partial charge in [0.25, 0.3) is 0 Å². The van der Waals surface area contributed by atoms with Crippen molar-refractivity contribution in [2.45, 2.75) is 13.8 Å². The highest BCUT2D eigenvalue weighted by Gasteiger charge is 2.19. The van der Waals surface area contributed by atoms with Crippen molar-refractivity contribution in [3.8, 4) is 0 Å². The van der Waals surface area contributed by atoms with Gasteiger partial charge in [-0.1, -0.05) is 78.9 Å². The minimum atomic E-state index is -0.488. The first-order valence-corrected chi connectivity index (χ1v) is 8.58. The Morgan fingerprint density at radius 3 is 1.43 bits per heavy atom. The quantitative estimate of drug-likeness (QED) is 0.638. The van der Waals surface area contributed by atoms with Crippen LogP contribution in [0.4, 0.5) is 0 Å². The number of hydrogen-bond acceptors (Lipinski definition) is 0. The van der Waals surface area contributed by atoms with Crippen LogP contribution in [-0.2, 0) is 0 Å². The van der Waals surface area contributed by atoms with Crippen molar-refractivity contribution in [3.05, 3.63) is 90.0 Å². The maximum absolute atomic E-state index is 2.28.